The van der Waals surface area contributed by atoms with Gasteiger partial charge in [0.1, 0.15) is 11.5 Å². The lowest BCUT2D eigenvalue weighted by atomic mass is 10.2. The Balaban J connectivity index is 2.43. The first-order valence-electron chi connectivity index (χ1n) is 4.98. The maximum Gasteiger partial charge on any atom is 0.110 e. The molecular weight excluding hydrogens is 188 g/mol. The van der Waals surface area contributed by atoms with Gasteiger partial charge in [0, 0.05) is 18.3 Å². The van der Waals surface area contributed by atoms with E-state index in [0.717, 1.165) is 29.3 Å². The molecule has 0 spiro atoms. The van der Waals surface area contributed by atoms with Crippen LogP contribution in [0.1, 0.15) is 11.5 Å². The van der Waals surface area contributed by atoms with Crippen LogP contribution in [-0.4, -0.2) is 21.5 Å². The van der Waals surface area contributed by atoms with Crippen molar-refractivity contribution in [3.05, 3.63) is 35.9 Å². The summed E-state index contributed by atoms with van der Waals surface area (Å²) in [6.07, 6.45) is 2.57. The van der Waals surface area contributed by atoms with Gasteiger partial charge in [-0.25, -0.2) is 4.98 Å². The molecule has 0 aliphatic rings. The number of H-pyrrole nitrogens is 1. The van der Waals surface area contributed by atoms with Crippen LogP contribution in [0.4, 0.5) is 0 Å². The third kappa shape index (κ3) is 2.05. The Hall–Kier alpha value is -1.68. The molecule has 0 fully saturated rings. The molecule has 0 unspecified atom stereocenters. The summed E-state index contributed by atoms with van der Waals surface area (Å²) in [6.45, 7) is 2.55. The number of aromatic nitrogens is 3. The minimum absolute atomic E-state index is 0.613. The Morgan fingerprint density at radius 2 is 2.27 bits per heavy atom. The van der Waals surface area contributed by atoms with Crippen molar-refractivity contribution >= 4 is 0 Å². The highest BCUT2D eigenvalue weighted by Gasteiger charge is 2.09. The lowest BCUT2D eigenvalue weighted by Crippen LogP contribution is -2.04. The lowest BCUT2D eigenvalue weighted by molar-refractivity contribution is 0.929. The third-order valence-electron chi connectivity index (χ3n) is 2.20. The second-order valence-corrected chi connectivity index (χ2v) is 3.40. The van der Waals surface area contributed by atoms with E-state index in [1.165, 1.54) is 0 Å². The molecule has 0 aliphatic carbocycles. The van der Waals surface area contributed by atoms with Crippen LogP contribution in [0.3, 0.4) is 0 Å². The molecular formula is C11H14N4. The molecule has 4 nitrogen and oxygen atoms in total. The van der Waals surface area contributed by atoms with Crippen molar-refractivity contribution < 1.29 is 0 Å². The van der Waals surface area contributed by atoms with E-state index in [9.17, 15) is 0 Å². The molecule has 0 radical (unpaired) electrons. The largest absolute Gasteiger partial charge is 0.345 e. The predicted molar refractivity (Wildman–Crippen MR) is 59.3 cm³/mol. The number of aromatic amines is 1. The van der Waals surface area contributed by atoms with E-state index < -0.39 is 0 Å². The summed E-state index contributed by atoms with van der Waals surface area (Å²) in [7, 11) is 0. The molecule has 78 valence electrons. The smallest absolute Gasteiger partial charge is 0.110 e. The van der Waals surface area contributed by atoms with Crippen molar-refractivity contribution in [2.45, 2.75) is 13.3 Å². The Bertz CT molecular complexity index is 433. The van der Waals surface area contributed by atoms with Gasteiger partial charge in [0.15, 0.2) is 0 Å². The molecule has 2 rings (SSSR count). The first-order valence-corrected chi connectivity index (χ1v) is 4.98. The van der Waals surface area contributed by atoms with Crippen LogP contribution in [0, 0.1) is 6.92 Å². The second-order valence-electron chi connectivity index (χ2n) is 3.40. The van der Waals surface area contributed by atoms with E-state index in [1.807, 2.05) is 25.1 Å². The molecule has 2 aromatic rings. The fourth-order valence-corrected chi connectivity index (χ4v) is 1.58. The lowest BCUT2D eigenvalue weighted by Gasteiger charge is -1.99. The van der Waals surface area contributed by atoms with Gasteiger partial charge in [0.2, 0.25) is 0 Å². The van der Waals surface area contributed by atoms with Crippen LogP contribution in [0.15, 0.2) is 24.4 Å². The maximum atomic E-state index is 5.55. The highest BCUT2D eigenvalue weighted by Crippen LogP contribution is 2.18. The molecule has 15 heavy (non-hydrogen) atoms. The maximum absolute atomic E-state index is 5.55. The van der Waals surface area contributed by atoms with Gasteiger partial charge < -0.3 is 10.7 Å². The summed E-state index contributed by atoms with van der Waals surface area (Å²) in [6, 6.07) is 5.81. The summed E-state index contributed by atoms with van der Waals surface area (Å²) in [5.41, 5.74) is 8.42. The molecule has 0 saturated carbocycles. The van der Waals surface area contributed by atoms with E-state index in [0.29, 0.717) is 6.54 Å². The number of hydrogen-bond donors (Lipinski definition) is 2. The van der Waals surface area contributed by atoms with Crippen LogP contribution < -0.4 is 5.73 Å². The minimum atomic E-state index is 0.613. The average Bonchev–Trinajstić information content (AvgIpc) is 2.62. The summed E-state index contributed by atoms with van der Waals surface area (Å²) in [5.74, 6) is 0.902. The zero-order valence-electron chi connectivity index (χ0n) is 8.70. The molecule has 2 heterocycles. The first-order chi connectivity index (χ1) is 7.31. The fraction of sp³-hybridized carbons (Fsp3) is 0.273. The van der Waals surface area contributed by atoms with Crippen molar-refractivity contribution in [2.75, 3.05) is 6.54 Å². The van der Waals surface area contributed by atoms with Gasteiger partial charge >= 0.3 is 0 Å². The molecule has 0 saturated heterocycles. The SMILES string of the molecule is Cc1nc(-c2ccccn2)c(CCN)[nH]1. The predicted octanol–water partition coefficient (Wildman–Crippen LogP) is 1.28. The molecule has 0 bridgehead atoms. The number of nitrogens with one attached hydrogen (secondary N) is 1. The van der Waals surface area contributed by atoms with Crippen LogP contribution in [0.25, 0.3) is 11.4 Å². The topological polar surface area (TPSA) is 67.6 Å². The normalized spacial score (nSPS) is 10.5. The van der Waals surface area contributed by atoms with E-state index in [-0.39, 0.29) is 0 Å². The summed E-state index contributed by atoms with van der Waals surface area (Å²) < 4.78 is 0. The second kappa shape index (κ2) is 4.23. The molecule has 3 N–H and O–H groups in total. The van der Waals surface area contributed by atoms with Gasteiger partial charge in [-0.2, -0.15) is 0 Å². The Morgan fingerprint density at radius 1 is 1.40 bits per heavy atom. The number of nitrogens with zero attached hydrogens (tertiary/aromatic N) is 2. The molecule has 0 aliphatic heterocycles. The van der Waals surface area contributed by atoms with Gasteiger partial charge in [0.05, 0.1) is 5.69 Å². The number of pyridine rings is 1. The number of rotatable bonds is 3. The first kappa shape index (κ1) is 9.86. The van der Waals surface area contributed by atoms with Gasteiger partial charge in [-0.1, -0.05) is 6.07 Å². The van der Waals surface area contributed by atoms with E-state index in [1.54, 1.807) is 6.20 Å². The van der Waals surface area contributed by atoms with E-state index >= 15 is 0 Å². The van der Waals surface area contributed by atoms with E-state index in [4.69, 9.17) is 5.73 Å². The van der Waals surface area contributed by atoms with Crippen molar-refractivity contribution in [1.82, 2.24) is 15.0 Å². The van der Waals surface area contributed by atoms with Crippen LogP contribution in [0.2, 0.25) is 0 Å². The van der Waals surface area contributed by atoms with Crippen LogP contribution >= 0.6 is 0 Å². The molecule has 0 aromatic carbocycles. The highest BCUT2D eigenvalue weighted by molar-refractivity contribution is 5.57. The van der Waals surface area contributed by atoms with Crippen molar-refractivity contribution in [3.8, 4) is 11.4 Å². The van der Waals surface area contributed by atoms with Gasteiger partial charge in [-0.15, -0.1) is 0 Å². The monoisotopic (exact) mass is 202 g/mol. The summed E-state index contributed by atoms with van der Waals surface area (Å²) in [5, 5.41) is 0. The number of aryl methyl sites for hydroxylation is 1. The fourth-order valence-electron chi connectivity index (χ4n) is 1.58. The van der Waals surface area contributed by atoms with Crippen LogP contribution in [-0.2, 0) is 6.42 Å². The summed E-state index contributed by atoms with van der Waals surface area (Å²) in [4.78, 5) is 11.9. The Kier molecular flexibility index (Phi) is 2.78. The molecule has 0 amide bonds. The van der Waals surface area contributed by atoms with Crippen LogP contribution in [0.5, 0.6) is 0 Å². The van der Waals surface area contributed by atoms with Crippen molar-refractivity contribution in [3.63, 3.8) is 0 Å². The average molecular weight is 202 g/mol. The van der Waals surface area contributed by atoms with E-state index in [2.05, 4.69) is 15.0 Å². The number of hydrogen-bond acceptors (Lipinski definition) is 3. The summed E-state index contributed by atoms with van der Waals surface area (Å²) >= 11 is 0. The van der Waals surface area contributed by atoms with Crippen molar-refractivity contribution in [1.29, 1.82) is 0 Å². The number of nitrogens with two attached hydrogens (primary N) is 1. The minimum Gasteiger partial charge on any atom is -0.345 e. The molecule has 2 aromatic heterocycles. The zero-order chi connectivity index (χ0) is 10.7. The van der Waals surface area contributed by atoms with Gasteiger partial charge in [-0.3, -0.25) is 4.98 Å². The zero-order valence-corrected chi connectivity index (χ0v) is 8.70. The highest BCUT2D eigenvalue weighted by atomic mass is 14.9. The standard InChI is InChI=1S/C11H14N4/c1-8-14-10(5-6-12)11(15-8)9-4-2-3-7-13-9/h2-4,7H,5-6,12H2,1H3,(H,14,15). The molecule has 0 atom stereocenters. The van der Waals surface area contributed by atoms with Crippen molar-refractivity contribution in [2.24, 2.45) is 5.73 Å². The molecule has 4 heteroatoms. The van der Waals surface area contributed by atoms with Gasteiger partial charge in [0.25, 0.3) is 0 Å². The third-order valence-corrected chi connectivity index (χ3v) is 2.20. The Labute approximate surface area is 88.6 Å². The Morgan fingerprint density at radius 3 is 2.93 bits per heavy atom. The quantitative estimate of drug-likeness (QED) is 0.787. The number of imidazole rings is 1. The van der Waals surface area contributed by atoms with Gasteiger partial charge in [-0.05, 0) is 25.6 Å².